The zero-order valence-corrected chi connectivity index (χ0v) is 11.1. The van der Waals surface area contributed by atoms with Gasteiger partial charge in [0.15, 0.2) is 0 Å². The highest BCUT2D eigenvalue weighted by Crippen LogP contribution is 2.11. The molecule has 17 heavy (non-hydrogen) atoms. The molecule has 1 atom stereocenters. The third-order valence-electron chi connectivity index (χ3n) is 2.56. The minimum absolute atomic E-state index is 0.115. The minimum atomic E-state index is -3.78. The van der Waals surface area contributed by atoms with Gasteiger partial charge in [-0.05, 0) is 13.3 Å². The summed E-state index contributed by atoms with van der Waals surface area (Å²) in [5, 5.41) is 17.6. The van der Waals surface area contributed by atoms with Crippen molar-refractivity contribution >= 4 is 16.2 Å². The second-order valence-corrected chi connectivity index (χ2v) is 5.92. The zero-order chi connectivity index (χ0) is 13.7. The van der Waals surface area contributed by atoms with Crippen LogP contribution in [0, 0.1) is 0 Å². The summed E-state index contributed by atoms with van der Waals surface area (Å²) in [4.78, 5) is 10.3. The number of carbonyl (C=O) groups is 1. The fourth-order valence-electron chi connectivity index (χ4n) is 0.979. The predicted octanol–water partition coefficient (Wildman–Crippen LogP) is -0.612. The smallest absolute Gasteiger partial charge is 0.304 e. The lowest BCUT2D eigenvalue weighted by atomic mass is 10.0. The highest BCUT2D eigenvalue weighted by Gasteiger charge is 2.29. The Morgan fingerprint density at radius 1 is 1.47 bits per heavy atom. The molecule has 0 spiro atoms. The van der Waals surface area contributed by atoms with E-state index < -0.39 is 21.7 Å². The topological polar surface area (TPSA) is 107 Å². The van der Waals surface area contributed by atoms with Gasteiger partial charge in [-0.3, -0.25) is 4.79 Å². The number of aliphatic hydroxyl groups excluding tert-OH is 1. The van der Waals surface area contributed by atoms with Crippen molar-refractivity contribution in [2.45, 2.75) is 32.2 Å². The van der Waals surface area contributed by atoms with Crippen molar-refractivity contribution in [3.63, 3.8) is 0 Å². The van der Waals surface area contributed by atoms with Gasteiger partial charge in [-0.1, -0.05) is 6.92 Å². The molecule has 102 valence electrons. The van der Waals surface area contributed by atoms with Gasteiger partial charge < -0.3 is 10.2 Å². The van der Waals surface area contributed by atoms with E-state index in [9.17, 15) is 13.2 Å². The summed E-state index contributed by atoms with van der Waals surface area (Å²) in [5.41, 5.74) is -0.934. The molecular formula is C9H20N2O5S. The van der Waals surface area contributed by atoms with E-state index in [-0.39, 0.29) is 19.6 Å². The molecule has 1 unspecified atom stereocenters. The lowest BCUT2D eigenvalue weighted by Gasteiger charge is -2.29. The molecule has 0 radical (unpaired) electrons. The summed E-state index contributed by atoms with van der Waals surface area (Å²) in [6, 6.07) is 0. The van der Waals surface area contributed by atoms with E-state index in [4.69, 9.17) is 10.2 Å². The van der Waals surface area contributed by atoms with Gasteiger partial charge in [0.25, 0.3) is 10.2 Å². The molecule has 0 aliphatic rings. The Morgan fingerprint density at radius 3 is 2.35 bits per heavy atom. The Balaban J connectivity index is 4.62. The van der Waals surface area contributed by atoms with Crippen LogP contribution >= 0.6 is 0 Å². The number of rotatable bonds is 8. The minimum Gasteiger partial charge on any atom is -0.481 e. The molecule has 0 rings (SSSR count). The normalized spacial score (nSPS) is 15.8. The van der Waals surface area contributed by atoms with E-state index in [1.54, 1.807) is 13.8 Å². The number of nitrogens with one attached hydrogen (secondary N) is 1. The van der Waals surface area contributed by atoms with Crippen molar-refractivity contribution in [3.8, 4) is 0 Å². The molecular weight excluding hydrogens is 248 g/mol. The van der Waals surface area contributed by atoms with Crippen LogP contribution in [0.1, 0.15) is 26.7 Å². The molecule has 0 amide bonds. The Morgan fingerprint density at radius 2 is 2.00 bits per heavy atom. The van der Waals surface area contributed by atoms with E-state index in [1.165, 1.54) is 7.05 Å². The van der Waals surface area contributed by atoms with Crippen LogP contribution in [0.3, 0.4) is 0 Å². The molecule has 8 heteroatoms. The van der Waals surface area contributed by atoms with Gasteiger partial charge in [0.1, 0.15) is 0 Å². The largest absolute Gasteiger partial charge is 0.481 e. The molecule has 0 aromatic rings. The lowest BCUT2D eigenvalue weighted by molar-refractivity contribution is -0.137. The first-order valence-corrected chi connectivity index (χ1v) is 6.69. The van der Waals surface area contributed by atoms with Gasteiger partial charge in [-0.25, -0.2) is 0 Å². The van der Waals surface area contributed by atoms with E-state index in [2.05, 4.69) is 4.72 Å². The van der Waals surface area contributed by atoms with Crippen LogP contribution < -0.4 is 4.72 Å². The van der Waals surface area contributed by atoms with Crippen LogP contribution in [-0.2, 0) is 15.0 Å². The number of aliphatic hydroxyl groups is 1. The van der Waals surface area contributed by atoms with E-state index in [0.717, 1.165) is 4.31 Å². The van der Waals surface area contributed by atoms with Crippen molar-refractivity contribution < 1.29 is 23.4 Å². The first-order valence-electron chi connectivity index (χ1n) is 5.25. The van der Waals surface area contributed by atoms with Crippen LogP contribution in [-0.4, -0.2) is 54.6 Å². The van der Waals surface area contributed by atoms with Crippen molar-refractivity contribution in [2.24, 2.45) is 0 Å². The molecule has 0 aliphatic carbocycles. The summed E-state index contributed by atoms with van der Waals surface area (Å²) >= 11 is 0. The number of nitrogens with zero attached hydrogens (tertiary/aromatic N) is 1. The van der Waals surface area contributed by atoms with Crippen molar-refractivity contribution in [3.05, 3.63) is 0 Å². The molecule has 7 nitrogen and oxygen atoms in total. The average Bonchev–Trinajstić information content (AvgIpc) is 2.24. The summed E-state index contributed by atoms with van der Waals surface area (Å²) in [5.74, 6) is -1.06. The molecule has 0 heterocycles. The molecule has 0 saturated carbocycles. The molecule has 0 fully saturated rings. The quantitative estimate of drug-likeness (QED) is 0.544. The van der Waals surface area contributed by atoms with Gasteiger partial charge in [-0.15, -0.1) is 0 Å². The Hall–Kier alpha value is -0.700. The van der Waals surface area contributed by atoms with Crippen LogP contribution in [0.25, 0.3) is 0 Å². The van der Waals surface area contributed by atoms with Gasteiger partial charge in [0.05, 0.1) is 18.6 Å². The van der Waals surface area contributed by atoms with Crippen LogP contribution in [0.4, 0.5) is 0 Å². The van der Waals surface area contributed by atoms with Crippen molar-refractivity contribution in [2.75, 3.05) is 20.2 Å². The summed E-state index contributed by atoms with van der Waals surface area (Å²) in [6.07, 6.45) is 0.162. The Bertz CT molecular complexity index is 350. The summed E-state index contributed by atoms with van der Waals surface area (Å²) in [7, 11) is -2.49. The number of hydrogen-bond acceptors (Lipinski definition) is 4. The molecule has 0 bridgehead atoms. The molecule has 3 N–H and O–H groups in total. The number of carboxylic acids is 1. The predicted molar refractivity (Wildman–Crippen MR) is 62.7 cm³/mol. The van der Waals surface area contributed by atoms with Gasteiger partial charge >= 0.3 is 5.97 Å². The van der Waals surface area contributed by atoms with E-state index >= 15 is 0 Å². The maximum atomic E-state index is 11.8. The van der Waals surface area contributed by atoms with Crippen LogP contribution in [0.15, 0.2) is 0 Å². The highest BCUT2D eigenvalue weighted by molar-refractivity contribution is 7.87. The monoisotopic (exact) mass is 268 g/mol. The van der Waals surface area contributed by atoms with Crippen LogP contribution in [0.2, 0.25) is 0 Å². The molecule has 0 saturated heterocycles. The second kappa shape index (κ2) is 6.29. The average molecular weight is 268 g/mol. The van der Waals surface area contributed by atoms with Gasteiger partial charge in [-0.2, -0.15) is 17.4 Å². The first kappa shape index (κ1) is 16.3. The molecule has 0 aromatic heterocycles. The summed E-state index contributed by atoms with van der Waals surface area (Å²) in [6.45, 7) is 2.89. The highest BCUT2D eigenvalue weighted by atomic mass is 32.2. The van der Waals surface area contributed by atoms with E-state index in [0.29, 0.717) is 6.42 Å². The van der Waals surface area contributed by atoms with E-state index in [1.807, 2.05) is 0 Å². The SMILES string of the molecule is CCC(C)(CO)NS(=O)(=O)N(C)CCC(=O)O. The zero-order valence-electron chi connectivity index (χ0n) is 10.3. The number of hydrogen-bond donors (Lipinski definition) is 3. The van der Waals surface area contributed by atoms with Crippen molar-refractivity contribution in [1.82, 2.24) is 9.03 Å². The standard InChI is InChI=1S/C9H20N2O5S/c1-4-9(2,7-12)10-17(15,16)11(3)6-5-8(13)14/h10,12H,4-7H2,1-3H3,(H,13,14). The fourth-order valence-corrected chi connectivity index (χ4v) is 2.30. The maximum Gasteiger partial charge on any atom is 0.304 e. The third-order valence-corrected chi connectivity index (χ3v) is 4.31. The molecule has 0 aromatic carbocycles. The first-order chi connectivity index (χ1) is 7.67. The molecule has 0 aliphatic heterocycles. The second-order valence-electron chi connectivity index (χ2n) is 4.14. The van der Waals surface area contributed by atoms with Crippen LogP contribution in [0.5, 0.6) is 0 Å². The Labute approximate surface area is 102 Å². The van der Waals surface area contributed by atoms with Crippen molar-refractivity contribution in [1.29, 1.82) is 0 Å². The van der Waals surface area contributed by atoms with Gasteiger partial charge in [0.2, 0.25) is 0 Å². The number of aliphatic carboxylic acids is 1. The lowest BCUT2D eigenvalue weighted by Crippen LogP contribution is -2.53. The van der Waals surface area contributed by atoms with Gasteiger partial charge in [0, 0.05) is 13.6 Å². The number of carboxylic acid groups (broad SMARTS) is 1. The third kappa shape index (κ3) is 5.44. The Kier molecular flexibility index (Phi) is 6.03. The summed E-state index contributed by atoms with van der Waals surface area (Å²) < 4.78 is 26.8. The fraction of sp³-hybridized carbons (Fsp3) is 0.889. The maximum absolute atomic E-state index is 11.8.